The van der Waals surface area contributed by atoms with Crippen LogP contribution in [0.25, 0.3) is 0 Å². The number of hydrogen-bond acceptors (Lipinski definition) is 6. The summed E-state index contributed by atoms with van der Waals surface area (Å²) in [4.78, 5) is 21.4. The lowest BCUT2D eigenvalue weighted by Crippen LogP contribution is -2.48. The molecule has 1 amide bonds. The smallest absolute Gasteiger partial charge is 0.260 e. The third-order valence-corrected chi connectivity index (χ3v) is 9.06. The second kappa shape index (κ2) is 12.4. The van der Waals surface area contributed by atoms with Crippen molar-refractivity contribution in [3.05, 3.63) is 101 Å². The molecule has 7 nitrogen and oxygen atoms in total. The van der Waals surface area contributed by atoms with E-state index in [2.05, 4.69) is 80.0 Å². The van der Waals surface area contributed by atoms with Crippen LogP contribution in [0.3, 0.4) is 0 Å². The standard InChI is InChI=1S/C38H43N3O4/c1-7-39(8-2)26-20-22-30-34(24-26)45-35-25-27(40(9-3)10-4)21-23-31(35)38(30)29-17-14-13-16-28(29)37(42)41(38)36-32(43-11-5)18-15-19-33(36)44-12-6/h13-25H,7-12H2,1-6H3. The van der Waals surface area contributed by atoms with Crippen molar-refractivity contribution in [1.82, 2.24) is 0 Å². The van der Waals surface area contributed by atoms with Crippen LogP contribution in [0, 0.1) is 0 Å². The highest BCUT2D eigenvalue weighted by Crippen LogP contribution is 2.61. The number of hydrogen-bond donors (Lipinski definition) is 0. The SMILES string of the molecule is CCOc1cccc(OCC)c1N1C(=O)c2ccccc2C12c1ccc(N(CC)CC)cc1Oc1cc(N(CC)CC)ccc12. The average Bonchev–Trinajstić information content (AvgIpc) is 3.31. The van der Waals surface area contributed by atoms with Gasteiger partial charge in [-0.25, -0.2) is 0 Å². The Morgan fingerprint density at radius 3 is 1.64 bits per heavy atom. The minimum absolute atomic E-state index is 0.113. The number of carbonyl (C=O) groups is 1. The van der Waals surface area contributed by atoms with Gasteiger partial charge in [-0.05, 0) is 71.9 Å². The summed E-state index contributed by atoms with van der Waals surface area (Å²) in [6.07, 6.45) is 0. The molecule has 4 aromatic rings. The second-order valence-electron chi connectivity index (χ2n) is 11.2. The second-order valence-corrected chi connectivity index (χ2v) is 11.2. The first-order valence-corrected chi connectivity index (χ1v) is 16.3. The van der Waals surface area contributed by atoms with Crippen molar-refractivity contribution in [3.8, 4) is 23.0 Å². The van der Waals surface area contributed by atoms with Crippen LogP contribution < -0.4 is 28.9 Å². The number of ether oxygens (including phenoxy) is 3. The predicted molar refractivity (Wildman–Crippen MR) is 182 cm³/mol. The molecule has 0 bridgehead atoms. The average molecular weight is 606 g/mol. The number of amides is 1. The summed E-state index contributed by atoms with van der Waals surface area (Å²) in [5, 5.41) is 0. The Hall–Kier alpha value is -4.65. The summed E-state index contributed by atoms with van der Waals surface area (Å²) in [6, 6.07) is 26.5. The molecule has 0 aliphatic carbocycles. The van der Waals surface area contributed by atoms with Gasteiger partial charge in [-0.3, -0.25) is 9.69 Å². The van der Waals surface area contributed by atoms with E-state index in [1.54, 1.807) is 0 Å². The first kappa shape index (κ1) is 30.4. The van der Waals surface area contributed by atoms with Crippen LogP contribution in [-0.4, -0.2) is 45.3 Å². The Bertz CT molecular complexity index is 1620. The van der Waals surface area contributed by atoms with Gasteiger partial charge in [0.1, 0.15) is 34.2 Å². The molecule has 0 radical (unpaired) electrons. The highest BCUT2D eigenvalue weighted by atomic mass is 16.5. The van der Waals surface area contributed by atoms with Crippen LogP contribution in [0.1, 0.15) is 68.6 Å². The minimum Gasteiger partial charge on any atom is -0.492 e. The molecular weight excluding hydrogens is 562 g/mol. The highest BCUT2D eigenvalue weighted by molar-refractivity contribution is 6.15. The number of rotatable bonds is 11. The van der Waals surface area contributed by atoms with Crippen LogP contribution in [0.2, 0.25) is 0 Å². The number of anilines is 3. The van der Waals surface area contributed by atoms with E-state index in [-0.39, 0.29) is 5.91 Å². The molecule has 0 saturated heterocycles. The van der Waals surface area contributed by atoms with Crippen LogP contribution >= 0.6 is 0 Å². The first-order valence-electron chi connectivity index (χ1n) is 16.3. The number of benzene rings is 4. The maximum absolute atomic E-state index is 14.9. The van der Waals surface area contributed by atoms with Gasteiger partial charge in [0.25, 0.3) is 5.91 Å². The van der Waals surface area contributed by atoms with Crippen molar-refractivity contribution in [2.75, 3.05) is 54.1 Å². The van der Waals surface area contributed by atoms with E-state index in [0.717, 1.165) is 65.7 Å². The van der Waals surface area contributed by atoms with E-state index < -0.39 is 5.54 Å². The Kier molecular flexibility index (Phi) is 8.36. The third kappa shape index (κ3) is 4.68. The lowest BCUT2D eigenvalue weighted by molar-refractivity contribution is 0.0983. The third-order valence-electron chi connectivity index (χ3n) is 9.06. The lowest BCUT2D eigenvalue weighted by atomic mass is 9.74. The van der Waals surface area contributed by atoms with Gasteiger partial charge < -0.3 is 24.0 Å². The summed E-state index contributed by atoms with van der Waals surface area (Å²) in [7, 11) is 0. The first-order chi connectivity index (χ1) is 22.0. The van der Waals surface area contributed by atoms with Crippen molar-refractivity contribution in [2.45, 2.75) is 47.1 Å². The van der Waals surface area contributed by atoms with E-state index in [9.17, 15) is 4.79 Å². The molecule has 0 unspecified atom stereocenters. The Morgan fingerprint density at radius 2 is 1.16 bits per heavy atom. The molecule has 45 heavy (non-hydrogen) atoms. The number of nitrogens with zero attached hydrogens (tertiary/aromatic N) is 3. The van der Waals surface area contributed by atoms with E-state index in [4.69, 9.17) is 14.2 Å². The number of fused-ring (bicyclic) bond motifs is 6. The fraction of sp³-hybridized carbons (Fsp3) is 0.342. The van der Waals surface area contributed by atoms with Crippen molar-refractivity contribution in [1.29, 1.82) is 0 Å². The predicted octanol–water partition coefficient (Wildman–Crippen LogP) is 8.23. The number of para-hydroxylation sites is 1. The molecular formula is C38H43N3O4. The molecule has 0 atom stereocenters. The summed E-state index contributed by atoms with van der Waals surface area (Å²) in [6.45, 7) is 16.9. The zero-order valence-corrected chi connectivity index (χ0v) is 27.2. The molecule has 2 aliphatic rings. The molecule has 4 aromatic carbocycles. The zero-order valence-electron chi connectivity index (χ0n) is 27.2. The maximum atomic E-state index is 14.9. The van der Waals surface area contributed by atoms with E-state index in [0.29, 0.717) is 36.0 Å². The largest absolute Gasteiger partial charge is 0.492 e. The summed E-state index contributed by atoms with van der Waals surface area (Å²) >= 11 is 0. The Labute approximate surface area is 266 Å². The van der Waals surface area contributed by atoms with Crippen molar-refractivity contribution < 1.29 is 19.0 Å². The molecule has 6 rings (SSSR count). The van der Waals surface area contributed by atoms with Gasteiger partial charge in [0.05, 0.1) is 13.2 Å². The summed E-state index contributed by atoms with van der Waals surface area (Å²) < 4.78 is 19.3. The Balaban J connectivity index is 1.74. The van der Waals surface area contributed by atoms with Crippen LogP contribution in [0.4, 0.5) is 17.1 Å². The molecule has 1 spiro atoms. The number of carbonyl (C=O) groups excluding carboxylic acids is 1. The van der Waals surface area contributed by atoms with Gasteiger partial charge in [-0.15, -0.1) is 0 Å². The fourth-order valence-corrected chi connectivity index (χ4v) is 7.07. The van der Waals surface area contributed by atoms with Gasteiger partial charge in [0.2, 0.25) is 0 Å². The fourth-order valence-electron chi connectivity index (χ4n) is 7.07. The van der Waals surface area contributed by atoms with Gasteiger partial charge >= 0.3 is 0 Å². The Morgan fingerprint density at radius 1 is 0.644 bits per heavy atom. The molecule has 0 fully saturated rings. The molecule has 234 valence electrons. The normalized spacial score (nSPS) is 14.0. The molecule has 2 heterocycles. The zero-order chi connectivity index (χ0) is 31.7. The van der Waals surface area contributed by atoms with Gasteiger partial charge in [0, 0.05) is 71.9 Å². The van der Waals surface area contributed by atoms with Crippen molar-refractivity contribution >= 4 is 23.0 Å². The maximum Gasteiger partial charge on any atom is 0.260 e. The van der Waals surface area contributed by atoms with Crippen molar-refractivity contribution in [2.24, 2.45) is 0 Å². The van der Waals surface area contributed by atoms with Gasteiger partial charge in [-0.2, -0.15) is 0 Å². The van der Waals surface area contributed by atoms with E-state index in [1.807, 2.05) is 55.1 Å². The molecule has 2 aliphatic heterocycles. The van der Waals surface area contributed by atoms with Crippen LogP contribution in [0.5, 0.6) is 23.0 Å². The molecule has 0 aromatic heterocycles. The summed E-state index contributed by atoms with van der Waals surface area (Å²) in [5.74, 6) is 2.53. The van der Waals surface area contributed by atoms with Crippen LogP contribution in [-0.2, 0) is 5.54 Å². The lowest BCUT2D eigenvalue weighted by Gasteiger charge is -2.45. The molecule has 7 heteroatoms. The van der Waals surface area contributed by atoms with E-state index in [1.165, 1.54) is 0 Å². The topological polar surface area (TPSA) is 54.5 Å². The quantitative estimate of drug-likeness (QED) is 0.172. The molecule has 0 saturated carbocycles. The van der Waals surface area contributed by atoms with Crippen LogP contribution in [0.15, 0.2) is 78.9 Å². The highest BCUT2D eigenvalue weighted by Gasteiger charge is 2.58. The summed E-state index contributed by atoms with van der Waals surface area (Å²) in [5.41, 5.74) is 5.06. The van der Waals surface area contributed by atoms with Gasteiger partial charge in [-0.1, -0.05) is 36.4 Å². The van der Waals surface area contributed by atoms with Gasteiger partial charge in [0.15, 0.2) is 0 Å². The van der Waals surface area contributed by atoms with E-state index >= 15 is 0 Å². The monoisotopic (exact) mass is 605 g/mol. The minimum atomic E-state index is -1.04. The molecule has 0 N–H and O–H groups in total. The van der Waals surface area contributed by atoms with Crippen molar-refractivity contribution in [3.63, 3.8) is 0 Å².